The van der Waals surface area contributed by atoms with Crippen LogP contribution in [0.1, 0.15) is 36.5 Å². The standard InChI is InChI=1S/C21H25N3O3S2/c1-3-27-21(26)17-19(28-2)22-18(15-10-6-4-7-11-15)23-20(17)29-14-16(25)24-12-8-5-9-13-24/h4,6-7,10-11H,3,5,8-9,12-14H2,1-2H3. The van der Waals surface area contributed by atoms with Crippen molar-refractivity contribution in [3.8, 4) is 11.4 Å². The number of esters is 1. The lowest BCUT2D eigenvalue weighted by Crippen LogP contribution is -2.36. The summed E-state index contributed by atoms with van der Waals surface area (Å²) in [7, 11) is 0. The van der Waals surface area contributed by atoms with Gasteiger partial charge in [-0.15, -0.1) is 11.8 Å². The van der Waals surface area contributed by atoms with E-state index in [4.69, 9.17) is 4.74 Å². The van der Waals surface area contributed by atoms with E-state index >= 15 is 0 Å². The highest BCUT2D eigenvalue weighted by Crippen LogP contribution is 2.31. The number of rotatable bonds is 7. The molecule has 0 saturated carbocycles. The van der Waals surface area contributed by atoms with Gasteiger partial charge in [-0.1, -0.05) is 42.1 Å². The molecule has 1 aromatic heterocycles. The maximum absolute atomic E-state index is 12.6. The van der Waals surface area contributed by atoms with Crippen LogP contribution in [0.5, 0.6) is 0 Å². The quantitative estimate of drug-likeness (QED) is 0.370. The summed E-state index contributed by atoms with van der Waals surface area (Å²) in [6.07, 6.45) is 5.14. The minimum Gasteiger partial charge on any atom is -0.462 e. The molecule has 1 fully saturated rings. The first-order valence-electron chi connectivity index (χ1n) is 9.73. The van der Waals surface area contributed by atoms with Crippen LogP contribution in [0.2, 0.25) is 0 Å². The van der Waals surface area contributed by atoms with Crippen molar-refractivity contribution in [2.75, 3.05) is 31.7 Å². The molecule has 1 saturated heterocycles. The van der Waals surface area contributed by atoms with E-state index in [1.54, 1.807) is 6.92 Å². The molecule has 154 valence electrons. The molecule has 0 atom stereocenters. The maximum Gasteiger partial charge on any atom is 0.343 e. The SMILES string of the molecule is CCOC(=O)c1c(SC)nc(-c2ccccc2)nc1SCC(=O)N1CCCCC1. The molecule has 2 aromatic rings. The number of hydrogen-bond donors (Lipinski definition) is 0. The molecule has 0 spiro atoms. The molecule has 29 heavy (non-hydrogen) atoms. The number of carbonyl (C=O) groups excluding carboxylic acids is 2. The van der Waals surface area contributed by atoms with Crippen molar-refractivity contribution < 1.29 is 14.3 Å². The molecule has 0 radical (unpaired) electrons. The van der Waals surface area contributed by atoms with Crippen LogP contribution in [0.4, 0.5) is 0 Å². The van der Waals surface area contributed by atoms with E-state index in [0.29, 0.717) is 21.4 Å². The van der Waals surface area contributed by atoms with Crippen molar-refractivity contribution >= 4 is 35.4 Å². The Morgan fingerprint density at radius 2 is 1.76 bits per heavy atom. The normalized spacial score (nSPS) is 13.9. The van der Waals surface area contributed by atoms with Crippen molar-refractivity contribution in [3.05, 3.63) is 35.9 Å². The monoisotopic (exact) mass is 431 g/mol. The summed E-state index contributed by atoms with van der Waals surface area (Å²) in [4.78, 5) is 36.4. The number of nitrogens with zero attached hydrogens (tertiary/aromatic N) is 3. The molecular weight excluding hydrogens is 406 g/mol. The summed E-state index contributed by atoms with van der Waals surface area (Å²) < 4.78 is 5.24. The second-order valence-corrected chi connectivity index (χ2v) is 8.31. The minimum absolute atomic E-state index is 0.0788. The first-order chi connectivity index (χ1) is 14.1. The zero-order valence-electron chi connectivity index (χ0n) is 16.7. The largest absolute Gasteiger partial charge is 0.462 e. The number of amides is 1. The summed E-state index contributed by atoms with van der Waals surface area (Å²) in [5.41, 5.74) is 1.21. The summed E-state index contributed by atoms with van der Waals surface area (Å²) in [5.74, 6) is 0.404. The summed E-state index contributed by atoms with van der Waals surface area (Å²) >= 11 is 2.66. The Hall–Kier alpha value is -2.06. The van der Waals surface area contributed by atoms with Gasteiger partial charge in [-0.3, -0.25) is 4.79 Å². The van der Waals surface area contributed by atoms with Crippen molar-refractivity contribution in [1.82, 2.24) is 14.9 Å². The highest BCUT2D eigenvalue weighted by atomic mass is 32.2. The van der Waals surface area contributed by atoms with Crippen LogP contribution in [0.3, 0.4) is 0 Å². The fraction of sp³-hybridized carbons (Fsp3) is 0.429. The van der Waals surface area contributed by atoms with Gasteiger partial charge in [0.25, 0.3) is 0 Å². The first kappa shape index (κ1) is 21.6. The Bertz CT molecular complexity index is 856. The number of thioether (sulfide) groups is 2. The highest BCUT2D eigenvalue weighted by molar-refractivity contribution is 8.00. The molecule has 1 aliphatic rings. The predicted octanol–water partition coefficient (Wildman–Crippen LogP) is 4.15. The highest BCUT2D eigenvalue weighted by Gasteiger charge is 2.24. The molecule has 1 amide bonds. The molecular formula is C21H25N3O3S2. The van der Waals surface area contributed by atoms with Crippen molar-refractivity contribution in [1.29, 1.82) is 0 Å². The van der Waals surface area contributed by atoms with Crippen molar-refractivity contribution in [2.24, 2.45) is 0 Å². The second-order valence-electron chi connectivity index (χ2n) is 6.55. The van der Waals surface area contributed by atoms with Gasteiger partial charge in [0.05, 0.1) is 12.4 Å². The van der Waals surface area contributed by atoms with Gasteiger partial charge >= 0.3 is 5.97 Å². The lowest BCUT2D eigenvalue weighted by Gasteiger charge is -2.26. The van der Waals surface area contributed by atoms with Gasteiger partial charge in [-0.05, 0) is 32.4 Å². The van der Waals surface area contributed by atoms with Gasteiger partial charge in [0.15, 0.2) is 5.82 Å². The van der Waals surface area contributed by atoms with Crippen molar-refractivity contribution in [2.45, 2.75) is 36.2 Å². The fourth-order valence-electron chi connectivity index (χ4n) is 3.13. The molecule has 3 rings (SSSR count). The van der Waals surface area contributed by atoms with E-state index in [0.717, 1.165) is 31.5 Å². The molecule has 1 aromatic carbocycles. The number of carbonyl (C=O) groups is 2. The number of benzene rings is 1. The minimum atomic E-state index is -0.454. The van der Waals surface area contributed by atoms with E-state index in [1.807, 2.05) is 41.5 Å². The lowest BCUT2D eigenvalue weighted by atomic mass is 10.1. The van der Waals surface area contributed by atoms with Crippen molar-refractivity contribution in [3.63, 3.8) is 0 Å². The van der Waals surface area contributed by atoms with Gasteiger partial charge in [0, 0.05) is 18.7 Å². The van der Waals surface area contributed by atoms with E-state index in [1.165, 1.54) is 29.9 Å². The summed E-state index contributed by atoms with van der Waals surface area (Å²) in [5, 5.41) is 1.05. The number of aromatic nitrogens is 2. The van der Waals surface area contributed by atoms with E-state index in [9.17, 15) is 9.59 Å². The third-order valence-corrected chi connectivity index (χ3v) is 6.23. The zero-order valence-corrected chi connectivity index (χ0v) is 18.4. The van der Waals surface area contributed by atoms with E-state index < -0.39 is 5.97 Å². The molecule has 8 heteroatoms. The molecule has 0 bridgehead atoms. The molecule has 0 unspecified atom stereocenters. The average molecular weight is 432 g/mol. The lowest BCUT2D eigenvalue weighted by molar-refractivity contribution is -0.129. The van der Waals surface area contributed by atoms with E-state index in [-0.39, 0.29) is 18.3 Å². The molecule has 0 aliphatic carbocycles. The van der Waals surface area contributed by atoms with E-state index in [2.05, 4.69) is 9.97 Å². The third kappa shape index (κ3) is 5.51. The molecule has 6 nitrogen and oxygen atoms in total. The van der Waals surface area contributed by atoms with Crippen LogP contribution >= 0.6 is 23.5 Å². The van der Waals surface area contributed by atoms with Crippen LogP contribution in [0.15, 0.2) is 40.4 Å². The average Bonchev–Trinajstić information content (AvgIpc) is 2.78. The number of ether oxygens (including phenoxy) is 1. The Balaban J connectivity index is 1.92. The van der Waals surface area contributed by atoms with Gasteiger partial charge in [-0.2, -0.15) is 0 Å². The molecule has 1 aliphatic heterocycles. The Labute approximate surface area is 179 Å². The third-order valence-electron chi connectivity index (χ3n) is 4.59. The Morgan fingerprint density at radius 1 is 1.07 bits per heavy atom. The topological polar surface area (TPSA) is 72.4 Å². The number of piperidine rings is 1. The Kier molecular flexibility index (Phi) is 7.94. The van der Waals surface area contributed by atoms with Crippen LogP contribution in [0.25, 0.3) is 11.4 Å². The van der Waals surface area contributed by atoms with Crippen LogP contribution < -0.4 is 0 Å². The van der Waals surface area contributed by atoms with Crippen LogP contribution in [0, 0.1) is 0 Å². The summed E-state index contributed by atoms with van der Waals surface area (Å²) in [6.45, 7) is 3.64. The summed E-state index contributed by atoms with van der Waals surface area (Å²) in [6, 6.07) is 9.62. The molecule has 0 N–H and O–H groups in total. The Morgan fingerprint density at radius 3 is 2.41 bits per heavy atom. The van der Waals surface area contributed by atoms with Crippen LogP contribution in [-0.4, -0.2) is 58.4 Å². The maximum atomic E-state index is 12.6. The van der Waals surface area contributed by atoms with Gasteiger partial charge in [0.1, 0.15) is 15.6 Å². The molecule has 2 heterocycles. The van der Waals surface area contributed by atoms with Gasteiger partial charge < -0.3 is 9.64 Å². The number of hydrogen-bond acceptors (Lipinski definition) is 7. The van der Waals surface area contributed by atoms with Gasteiger partial charge in [-0.25, -0.2) is 14.8 Å². The van der Waals surface area contributed by atoms with Gasteiger partial charge in [0.2, 0.25) is 5.91 Å². The van der Waals surface area contributed by atoms with Crippen LogP contribution in [-0.2, 0) is 9.53 Å². The smallest absolute Gasteiger partial charge is 0.343 e. The number of likely N-dealkylation sites (tertiary alicyclic amines) is 1. The first-order valence-corrected chi connectivity index (χ1v) is 11.9. The fourth-order valence-corrected chi connectivity index (χ4v) is 4.68. The zero-order chi connectivity index (χ0) is 20.6. The predicted molar refractivity (Wildman–Crippen MR) is 116 cm³/mol. The second kappa shape index (κ2) is 10.6.